The number of aromatic amines is 1. The zero-order valence-corrected chi connectivity index (χ0v) is 25.2. The fourth-order valence-electron chi connectivity index (χ4n) is 7.10. The molecule has 2 N–H and O–H groups in total. The monoisotopic (exact) mass is 634 g/mol. The van der Waals surface area contributed by atoms with E-state index in [-0.39, 0.29) is 29.4 Å². The number of nitrogens with one attached hydrogen (secondary N) is 2. The van der Waals surface area contributed by atoms with E-state index in [9.17, 15) is 18.4 Å². The standard InChI is InChI=1S/C31H29F3N8O2S/c1-16-10-21-20(11-37-41-21)22(24(16)31(32,33)34)25-26-19(4-7-36-25)23-27(42-12-17-2-3-18(13-42)38-17)39-29(40-28(23)45-26)44-15-30(14-35)5-8-43-9-6-30/h4,7,10-11,17-18,38H,2-3,5-6,8-9,12-13,15H2,1H3,(H,37,41). The predicted octanol–water partition coefficient (Wildman–Crippen LogP) is 5.75. The van der Waals surface area contributed by atoms with Crippen molar-refractivity contribution < 1.29 is 22.6 Å². The van der Waals surface area contributed by atoms with Crippen LogP contribution in [0.2, 0.25) is 0 Å². The molecule has 0 radical (unpaired) electrons. The van der Waals surface area contributed by atoms with Crippen molar-refractivity contribution in [2.75, 3.05) is 37.8 Å². The van der Waals surface area contributed by atoms with Crippen LogP contribution in [-0.4, -0.2) is 70.1 Å². The van der Waals surface area contributed by atoms with Gasteiger partial charge in [-0.3, -0.25) is 10.1 Å². The first-order valence-electron chi connectivity index (χ1n) is 15.0. The van der Waals surface area contributed by atoms with Crippen LogP contribution in [0.15, 0.2) is 24.5 Å². The molecule has 1 aromatic carbocycles. The van der Waals surface area contributed by atoms with Gasteiger partial charge in [0.2, 0.25) is 0 Å². The van der Waals surface area contributed by atoms with Gasteiger partial charge in [0.25, 0.3) is 0 Å². The van der Waals surface area contributed by atoms with E-state index in [2.05, 4.69) is 31.5 Å². The second kappa shape index (κ2) is 10.5. The maximum absolute atomic E-state index is 14.6. The van der Waals surface area contributed by atoms with Crippen molar-refractivity contribution in [3.05, 3.63) is 35.7 Å². The maximum Gasteiger partial charge on any atom is 0.417 e. The van der Waals surface area contributed by atoms with Gasteiger partial charge in [-0.2, -0.15) is 33.5 Å². The summed E-state index contributed by atoms with van der Waals surface area (Å²) >= 11 is 1.28. The van der Waals surface area contributed by atoms with Gasteiger partial charge in [-0.05, 0) is 50.3 Å². The first-order chi connectivity index (χ1) is 21.7. The number of ether oxygens (including phenoxy) is 2. The molecule has 3 saturated heterocycles. The number of fused-ring (bicyclic) bond motifs is 6. The lowest BCUT2D eigenvalue weighted by Crippen LogP contribution is -2.51. The Morgan fingerprint density at radius 3 is 2.69 bits per heavy atom. The molecule has 10 nitrogen and oxygen atoms in total. The normalized spacial score (nSPS) is 21.5. The predicted molar refractivity (Wildman–Crippen MR) is 163 cm³/mol. The quantitative estimate of drug-likeness (QED) is 0.249. The van der Waals surface area contributed by atoms with Crippen molar-refractivity contribution in [3.8, 4) is 23.3 Å². The van der Waals surface area contributed by atoms with E-state index in [1.165, 1.54) is 30.5 Å². The molecule has 2 atom stereocenters. The van der Waals surface area contributed by atoms with Gasteiger partial charge in [-0.1, -0.05) is 0 Å². The third-order valence-electron chi connectivity index (χ3n) is 9.35. The number of nitrogens with zero attached hydrogens (tertiary/aromatic N) is 6. The van der Waals surface area contributed by atoms with Crippen LogP contribution in [0.5, 0.6) is 6.01 Å². The van der Waals surface area contributed by atoms with Gasteiger partial charge in [-0.15, -0.1) is 11.3 Å². The number of halogens is 3. The smallest absolute Gasteiger partial charge is 0.417 e. The Balaban J connectivity index is 1.33. The molecular weight excluding hydrogens is 605 g/mol. The minimum Gasteiger partial charge on any atom is -0.462 e. The van der Waals surface area contributed by atoms with Gasteiger partial charge in [0, 0.05) is 60.9 Å². The molecular formula is C31H29F3N8O2S. The van der Waals surface area contributed by atoms with Crippen LogP contribution in [0, 0.1) is 23.7 Å². The van der Waals surface area contributed by atoms with Crippen LogP contribution in [0.4, 0.5) is 19.0 Å². The Hall–Kier alpha value is -4.06. The van der Waals surface area contributed by atoms with Gasteiger partial charge in [-0.25, -0.2) is 0 Å². The molecule has 0 aliphatic carbocycles. The van der Waals surface area contributed by atoms with E-state index < -0.39 is 17.2 Å². The highest BCUT2D eigenvalue weighted by Crippen LogP contribution is 2.48. The summed E-state index contributed by atoms with van der Waals surface area (Å²) in [7, 11) is 0. The van der Waals surface area contributed by atoms with Gasteiger partial charge in [0.1, 0.15) is 17.3 Å². The van der Waals surface area contributed by atoms with Gasteiger partial charge in [0.15, 0.2) is 0 Å². The van der Waals surface area contributed by atoms with E-state index in [1.807, 2.05) is 6.07 Å². The Kier molecular flexibility index (Phi) is 6.63. The highest BCUT2D eigenvalue weighted by atomic mass is 32.1. The van der Waals surface area contributed by atoms with Crippen LogP contribution >= 0.6 is 11.3 Å². The molecule has 45 heavy (non-hydrogen) atoms. The lowest BCUT2D eigenvalue weighted by molar-refractivity contribution is -0.137. The summed E-state index contributed by atoms with van der Waals surface area (Å²) < 4.78 is 56.1. The summed E-state index contributed by atoms with van der Waals surface area (Å²) in [6, 6.07) is 6.50. The highest BCUT2D eigenvalue weighted by Gasteiger charge is 2.39. The van der Waals surface area contributed by atoms with Crippen molar-refractivity contribution in [3.63, 3.8) is 0 Å². The molecule has 5 aromatic rings. The van der Waals surface area contributed by atoms with Crippen LogP contribution in [-0.2, 0) is 10.9 Å². The van der Waals surface area contributed by atoms with Crippen LogP contribution in [0.3, 0.4) is 0 Å². The minimum atomic E-state index is -4.61. The second-order valence-electron chi connectivity index (χ2n) is 12.3. The van der Waals surface area contributed by atoms with Crippen LogP contribution in [0.1, 0.15) is 36.8 Å². The number of aryl methyl sites for hydroxylation is 1. The van der Waals surface area contributed by atoms with E-state index in [0.29, 0.717) is 64.4 Å². The summed E-state index contributed by atoms with van der Waals surface area (Å²) in [5, 5.41) is 22.3. The Bertz CT molecular complexity index is 1980. The molecule has 7 heterocycles. The maximum atomic E-state index is 14.6. The molecule has 232 valence electrons. The second-order valence-corrected chi connectivity index (χ2v) is 13.3. The Labute approximate surface area is 259 Å². The number of anilines is 1. The summed E-state index contributed by atoms with van der Waals surface area (Å²) in [5.74, 6) is 0.684. The largest absolute Gasteiger partial charge is 0.462 e. The molecule has 2 bridgehead atoms. The number of piperazine rings is 1. The van der Waals surface area contributed by atoms with Crippen molar-refractivity contribution in [1.82, 2.24) is 30.5 Å². The van der Waals surface area contributed by atoms with E-state index in [0.717, 1.165) is 36.7 Å². The van der Waals surface area contributed by atoms with Crippen molar-refractivity contribution in [2.24, 2.45) is 5.41 Å². The minimum absolute atomic E-state index is 0.00918. The van der Waals surface area contributed by atoms with Crippen LogP contribution in [0.25, 0.3) is 42.5 Å². The van der Waals surface area contributed by atoms with E-state index >= 15 is 0 Å². The average Bonchev–Trinajstić information content (AvgIpc) is 3.74. The number of thiophene rings is 1. The number of H-pyrrole nitrogens is 1. The molecule has 3 aliphatic heterocycles. The SMILES string of the molecule is Cc1cc2[nH]ncc2c(-c2nccc3c2sc2nc(OCC4(C#N)CCOCC4)nc(N4CC5CCC(C4)N5)c23)c1C(F)(F)F. The number of hydrogen-bond acceptors (Lipinski definition) is 10. The number of nitriles is 1. The van der Waals surface area contributed by atoms with E-state index in [4.69, 9.17) is 19.4 Å². The molecule has 0 amide bonds. The topological polar surface area (TPSA) is 125 Å². The number of benzene rings is 1. The molecule has 3 fully saturated rings. The third-order valence-corrected chi connectivity index (χ3v) is 10.5. The molecule has 8 rings (SSSR count). The zero-order chi connectivity index (χ0) is 30.9. The molecule has 3 aliphatic rings. The number of pyridine rings is 1. The summed E-state index contributed by atoms with van der Waals surface area (Å²) in [6.45, 7) is 4.03. The third kappa shape index (κ3) is 4.76. The molecule has 2 unspecified atom stereocenters. The molecule has 0 spiro atoms. The van der Waals surface area contributed by atoms with Crippen molar-refractivity contribution in [1.29, 1.82) is 5.26 Å². The average molecular weight is 635 g/mol. The zero-order valence-electron chi connectivity index (χ0n) is 24.4. The number of rotatable bonds is 5. The van der Waals surface area contributed by atoms with Crippen molar-refractivity contribution >= 4 is 48.4 Å². The van der Waals surface area contributed by atoms with E-state index in [1.54, 1.807) is 6.20 Å². The van der Waals surface area contributed by atoms with Gasteiger partial charge >= 0.3 is 12.2 Å². The molecule has 4 aromatic heterocycles. The van der Waals surface area contributed by atoms with Gasteiger partial charge in [0.05, 0.1) is 44.5 Å². The fourth-order valence-corrected chi connectivity index (χ4v) is 8.25. The Morgan fingerprint density at radius 2 is 1.96 bits per heavy atom. The first-order valence-corrected chi connectivity index (χ1v) is 15.8. The highest BCUT2D eigenvalue weighted by molar-refractivity contribution is 7.26. The summed E-state index contributed by atoms with van der Waals surface area (Å²) in [4.78, 5) is 17.1. The Morgan fingerprint density at radius 1 is 1.18 bits per heavy atom. The van der Waals surface area contributed by atoms with Gasteiger partial charge < -0.3 is 19.7 Å². The molecule has 14 heteroatoms. The number of alkyl halides is 3. The molecule has 0 saturated carbocycles. The van der Waals surface area contributed by atoms with Crippen molar-refractivity contribution in [2.45, 2.75) is 50.9 Å². The van der Waals surface area contributed by atoms with Crippen LogP contribution < -0.4 is 15.0 Å². The fraction of sp³-hybridized carbons (Fsp3) is 0.452. The lowest BCUT2D eigenvalue weighted by Gasteiger charge is -2.34. The number of hydrogen-bond donors (Lipinski definition) is 2. The summed E-state index contributed by atoms with van der Waals surface area (Å²) in [5.41, 5.74) is -0.635. The summed E-state index contributed by atoms with van der Waals surface area (Å²) in [6.07, 6.45) is 1.60. The lowest BCUT2D eigenvalue weighted by atomic mass is 9.83. The first kappa shape index (κ1) is 28.4. The number of aromatic nitrogens is 5.